The fourth-order valence-corrected chi connectivity index (χ4v) is 1.77. The van der Waals surface area contributed by atoms with E-state index in [0.717, 1.165) is 5.39 Å². The Bertz CT molecular complexity index is 533. The Morgan fingerprint density at radius 1 is 1.47 bits per heavy atom. The number of fused-ring (bicyclic) bond motifs is 1. The van der Waals surface area contributed by atoms with Gasteiger partial charge < -0.3 is 14.9 Å². The van der Waals surface area contributed by atoms with Crippen molar-refractivity contribution in [2.24, 2.45) is 0 Å². The molecule has 0 aliphatic rings. The number of hydrogen-bond donors (Lipinski definition) is 1. The van der Waals surface area contributed by atoms with Gasteiger partial charge in [-0.1, -0.05) is 0 Å². The molecular formula is C10H8BrNO3. The van der Waals surface area contributed by atoms with Crippen LogP contribution in [-0.2, 0) is 4.74 Å². The van der Waals surface area contributed by atoms with Gasteiger partial charge in [0.1, 0.15) is 5.58 Å². The summed E-state index contributed by atoms with van der Waals surface area (Å²) in [4.78, 5) is 11.3. The van der Waals surface area contributed by atoms with Crippen molar-refractivity contribution in [2.45, 2.75) is 0 Å². The number of benzene rings is 1. The lowest BCUT2D eigenvalue weighted by Gasteiger charge is -2.00. The lowest BCUT2D eigenvalue weighted by Crippen LogP contribution is -2.01. The highest BCUT2D eigenvalue weighted by Gasteiger charge is 2.11. The summed E-state index contributed by atoms with van der Waals surface area (Å²) >= 11 is 3.20. The molecule has 0 atom stereocenters. The summed E-state index contributed by atoms with van der Waals surface area (Å²) in [5.41, 5.74) is 7.20. The molecule has 0 spiro atoms. The zero-order valence-corrected chi connectivity index (χ0v) is 9.50. The van der Waals surface area contributed by atoms with Crippen molar-refractivity contribution in [3.05, 3.63) is 28.4 Å². The van der Waals surface area contributed by atoms with E-state index < -0.39 is 5.97 Å². The largest absolute Gasteiger partial charge is 0.465 e. The maximum Gasteiger partial charge on any atom is 0.338 e. The number of ether oxygens (including phenoxy) is 1. The number of esters is 1. The van der Waals surface area contributed by atoms with Gasteiger partial charge in [0.15, 0.2) is 4.67 Å². The number of hydrogen-bond acceptors (Lipinski definition) is 4. The van der Waals surface area contributed by atoms with Gasteiger partial charge in [-0.3, -0.25) is 0 Å². The molecule has 2 N–H and O–H groups in total. The molecule has 0 saturated carbocycles. The van der Waals surface area contributed by atoms with E-state index in [2.05, 4.69) is 20.7 Å². The van der Waals surface area contributed by atoms with Gasteiger partial charge in [0.2, 0.25) is 0 Å². The maximum atomic E-state index is 11.3. The van der Waals surface area contributed by atoms with Crippen LogP contribution in [0.25, 0.3) is 11.0 Å². The number of anilines is 1. The van der Waals surface area contributed by atoms with Crippen LogP contribution in [0.3, 0.4) is 0 Å². The van der Waals surface area contributed by atoms with Gasteiger partial charge in [-0.15, -0.1) is 0 Å². The third-order valence-corrected chi connectivity index (χ3v) is 2.45. The van der Waals surface area contributed by atoms with Gasteiger partial charge in [-0.05, 0) is 28.1 Å². The standard InChI is InChI=1S/C10H8BrNO3/c1-14-10(13)5-2-7(12)6-4-9(11)15-8(6)3-5/h2-4H,12H2,1H3. The Labute approximate surface area is 94.1 Å². The predicted molar refractivity (Wildman–Crippen MR) is 59.7 cm³/mol. The van der Waals surface area contributed by atoms with Crippen molar-refractivity contribution in [3.63, 3.8) is 0 Å². The molecule has 0 fully saturated rings. The second-order valence-corrected chi connectivity index (χ2v) is 3.80. The molecule has 0 bridgehead atoms. The van der Waals surface area contributed by atoms with Crippen molar-refractivity contribution in [2.75, 3.05) is 12.8 Å². The van der Waals surface area contributed by atoms with Crippen molar-refractivity contribution < 1.29 is 13.9 Å². The average molecular weight is 270 g/mol. The first kappa shape index (κ1) is 10.0. The number of carbonyl (C=O) groups excluding carboxylic acids is 1. The molecule has 78 valence electrons. The molecular weight excluding hydrogens is 262 g/mol. The van der Waals surface area contributed by atoms with E-state index in [1.165, 1.54) is 7.11 Å². The van der Waals surface area contributed by atoms with E-state index >= 15 is 0 Å². The summed E-state index contributed by atoms with van der Waals surface area (Å²) in [5, 5.41) is 0.773. The minimum absolute atomic E-state index is 0.379. The van der Waals surface area contributed by atoms with E-state index in [0.29, 0.717) is 21.5 Å². The lowest BCUT2D eigenvalue weighted by atomic mass is 10.1. The fraction of sp³-hybridized carbons (Fsp3) is 0.100. The molecule has 0 aliphatic carbocycles. The Hall–Kier alpha value is -1.49. The first-order valence-corrected chi connectivity index (χ1v) is 4.98. The second-order valence-electron chi connectivity index (χ2n) is 3.02. The number of carbonyl (C=O) groups is 1. The smallest absolute Gasteiger partial charge is 0.338 e. The monoisotopic (exact) mass is 269 g/mol. The highest BCUT2D eigenvalue weighted by molar-refractivity contribution is 9.10. The van der Waals surface area contributed by atoms with Crippen LogP contribution in [0.15, 0.2) is 27.3 Å². The number of methoxy groups -OCH3 is 1. The average Bonchev–Trinajstić information content (AvgIpc) is 2.58. The molecule has 2 aromatic rings. The van der Waals surface area contributed by atoms with Crippen molar-refractivity contribution in [3.8, 4) is 0 Å². The van der Waals surface area contributed by atoms with Gasteiger partial charge in [0.05, 0.1) is 12.7 Å². The van der Waals surface area contributed by atoms with Crippen LogP contribution in [-0.4, -0.2) is 13.1 Å². The van der Waals surface area contributed by atoms with Crippen molar-refractivity contribution >= 4 is 38.6 Å². The van der Waals surface area contributed by atoms with E-state index in [4.69, 9.17) is 10.2 Å². The van der Waals surface area contributed by atoms with E-state index in [9.17, 15) is 4.79 Å². The lowest BCUT2D eigenvalue weighted by molar-refractivity contribution is 0.0601. The van der Waals surface area contributed by atoms with E-state index in [1.54, 1.807) is 18.2 Å². The van der Waals surface area contributed by atoms with Crippen LogP contribution in [0.4, 0.5) is 5.69 Å². The molecule has 1 heterocycles. The highest BCUT2D eigenvalue weighted by atomic mass is 79.9. The minimum Gasteiger partial charge on any atom is -0.465 e. The Morgan fingerprint density at radius 2 is 2.20 bits per heavy atom. The van der Waals surface area contributed by atoms with Crippen molar-refractivity contribution in [1.82, 2.24) is 0 Å². The summed E-state index contributed by atoms with van der Waals surface area (Å²) in [6.07, 6.45) is 0. The molecule has 0 radical (unpaired) electrons. The van der Waals surface area contributed by atoms with Crippen LogP contribution in [0.1, 0.15) is 10.4 Å². The predicted octanol–water partition coefficient (Wildman–Crippen LogP) is 2.56. The normalized spacial score (nSPS) is 10.5. The molecule has 4 nitrogen and oxygen atoms in total. The molecule has 1 aromatic heterocycles. The summed E-state index contributed by atoms with van der Waals surface area (Å²) in [6.45, 7) is 0. The molecule has 0 amide bonds. The number of furan rings is 1. The molecule has 5 heteroatoms. The van der Waals surface area contributed by atoms with Crippen LogP contribution in [0, 0.1) is 0 Å². The highest BCUT2D eigenvalue weighted by Crippen LogP contribution is 2.29. The SMILES string of the molecule is COC(=O)c1cc(N)c2cc(Br)oc2c1. The molecule has 0 saturated heterocycles. The summed E-state index contributed by atoms with van der Waals surface area (Å²) in [5.74, 6) is -0.434. The fourth-order valence-electron chi connectivity index (χ4n) is 1.37. The number of nitrogen functional groups attached to an aromatic ring is 1. The summed E-state index contributed by atoms with van der Waals surface area (Å²) in [6, 6.07) is 4.92. The van der Waals surface area contributed by atoms with Crippen LogP contribution in [0.5, 0.6) is 0 Å². The maximum absolute atomic E-state index is 11.3. The zero-order valence-electron chi connectivity index (χ0n) is 7.91. The Balaban J connectivity index is 2.66. The van der Waals surface area contributed by atoms with Crippen LogP contribution >= 0.6 is 15.9 Å². The number of rotatable bonds is 1. The zero-order chi connectivity index (χ0) is 11.0. The van der Waals surface area contributed by atoms with Gasteiger partial charge in [0, 0.05) is 17.1 Å². The molecule has 15 heavy (non-hydrogen) atoms. The first-order chi connectivity index (χ1) is 7.11. The van der Waals surface area contributed by atoms with Gasteiger partial charge in [-0.25, -0.2) is 4.79 Å². The minimum atomic E-state index is -0.434. The first-order valence-electron chi connectivity index (χ1n) is 4.18. The topological polar surface area (TPSA) is 65.5 Å². The molecule has 1 aromatic carbocycles. The number of halogens is 1. The van der Waals surface area contributed by atoms with Crippen molar-refractivity contribution in [1.29, 1.82) is 0 Å². The van der Waals surface area contributed by atoms with E-state index in [-0.39, 0.29) is 0 Å². The Morgan fingerprint density at radius 3 is 2.87 bits per heavy atom. The molecule has 0 aliphatic heterocycles. The second kappa shape index (κ2) is 3.58. The number of nitrogens with two attached hydrogens (primary N) is 1. The summed E-state index contributed by atoms with van der Waals surface area (Å²) < 4.78 is 10.5. The van der Waals surface area contributed by atoms with Gasteiger partial charge >= 0.3 is 5.97 Å². The molecule has 0 unspecified atom stereocenters. The van der Waals surface area contributed by atoms with Gasteiger partial charge in [-0.2, -0.15) is 0 Å². The third-order valence-electron chi connectivity index (χ3n) is 2.06. The third kappa shape index (κ3) is 1.70. The van der Waals surface area contributed by atoms with Gasteiger partial charge in [0.25, 0.3) is 0 Å². The Kier molecular flexibility index (Phi) is 2.40. The quantitative estimate of drug-likeness (QED) is 0.638. The van der Waals surface area contributed by atoms with Crippen LogP contribution in [0.2, 0.25) is 0 Å². The summed E-state index contributed by atoms with van der Waals surface area (Å²) in [7, 11) is 1.32. The molecule has 2 rings (SSSR count). The van der Waals surface area contributed by atoms with E-state index in [1.807, 2.05) is 0 Å². The van der Waals surface area contributed by atoms with Crippen LogP contribution < -0.4 is 5.73 Å².